The van der Waals surface area contributed by atoms with E-state index in [2.05, 4.69) is 29.9 Å². The number of likely N-dealkylation sites (tertiary alicyclic amines) is 1. The monoisotopic (exact) mass is 364 g/mol. The normalized spacial score (nSPS) is 18.2. The fraction of sp³-hybridized carbons (Fsp3) is 0.529. The van der Waals surface area contributed by atoms with Crippen molar-refractivity contribution in [3.05, 3.63) is 29.1 Å². The SMILES string of the molecule is Cc1cc2nc(CCC(=O)N3CCC(CS(N)(=O)=O)C3)[nH]c2cc1C. The van der Waals surface area contributed by atoms with Crippen LogP contribution in [0.3, 0.4) is 0 Å². The first-order valence-corrected chi connectivity index (χ1v) is 10.2. The first-order chi connectivity index (χ1) is 11.7. The Morgan fingerprint density at radius 1 is 1.36 bits per heavy atom. The molecule has 25 heavy (non-hydrogen) atoms. The van der Waals surface area contributed by atoms with Gasteiger partial charge in [-0.2, -0.15) is 0 Å². The average molecular weight is 364 g/mol. The van der Waals surface area contributed by atoms with Crippen LogP contribution in [0, 0.1) is 19.8 Å². The molecule has 2 aromatic rings. The fourth-order valence-electron chi connectivity index (χ4n) is 3.35. The zero-order valence-corrected chi connectivity index (χ0v) is 15.4. The summed E-state index contributed by atoms with van der Waals surface area (Å²) in [5, 5.41) is 5.09. The summed E-state index contributed by atoms with van der Waals surface area (Å²) in [5.41, 5.74) is 4.30. The second-order valence-corrected chi connectivity index (χ2v) is 8.62. The molecular formula is C17H24N4O3S. The standard InChI is InChI=1S/C17H24N4O3S/c1-11-7-14-15(8-12(11)2)20-16(19-14)3-4-17(22)21-6-5-13(9-21)10-25(18,23)24/h7-8,13H,3-6,9-10H2,1-2H3,(H,19,20)(H2,18,23,24). The number of hydrogen-bond acceptors (Lipinski definition) is 4. The van der Waals surface area contributed by atoms with Crippen LogP contribution in [0.15, 0.2) is 12.1 Å². The molecule has 3 rings (SSSR count). The van der Waals surface area contributed by atoms with E-state index in [0.29, 0.717) is 32.4 Å². The molecule has 0 spiro atoms. The predicted molar refractivity (Wildman–Crippen MR) is 96.5 cm³/mol. The molecule has 0 radical (unpaired) electrons. The quantitative estimate of drug-likeness (QED) is 0.832. The third-order valence-corrected chi connectivity index (χ3v) is 5.76. The van der Waals surface area contributed by atoms with Gasteiger partial charge in [-0.15, -0.1) is 0 Å². The number of aromatic nitrogens is 2. The van der Waals surface area contributed by atoms with Crippen molar-refractivity contribution in [2.75, 3.05) is 18.8 Å². The number of hydrogen-bond donors (Lipinski definition) is 2. The molecule has 1 aliphatic rings. The molecule has 7 nitrogen and oxygen atoms in total. The van der Waals surface area contributed by atoms with E-state index in [1.807, 2.05) is 6.07 Å². The summed E-state index contributed by atoms with van der Waals surface area (Å²) >= 11 is 0. The minimum atomic E-state index is -3.49. The van der Waals surface area contributed by atoms with Crippen LogP contribution < -0.4 is 5.14 Å². The van der Waals surface area contributed by atoms with Crippen molar-refractivity contribution >= 4 is 27.0 Å². The van der Waals surface area contributed by atoms with E-state index in [4.69, 9.17) is 5.14 Å². The van der Waals surface area contributed by atoms with Crippen LogP contribution in [0.5, 0.6) is 0 Å². The molecular weight excluding hydrogens is 340 g/mol. The van der Waals surface area contributed by atoms with Crippen molar-refractivity contribution in [1.29, 1.82) is 0 Å². The van der Waals surface area contributed by atoms with E-state index in [1.165, 1.54) is 11.1 Å². The Hall–Kier alpha value is -1.93. The van der Waals surface area contributed by atoms with E-state index < -0.39 is 10.0 Å². The van der Waals surface area contributed by atoms with E-state index in [0.717, 1.165) is 16.9 Å². The summed E-state index contributed by atoms with van der Waals surface area (Å²) < 4.78 is 22.3. The molecule has 1 saturated heterocycles. The van der Waals surface area contributed by atoms with E-state index in [1.54, 1.807) is 4.90 Å². The number of H-pyrrole nitrogens is 1. The number of amides is 1. The second-order valence-electron chi connectivity index (χ2n) is 6.96. The maximum atomic E-state index is 12.4. The molecule has 1 atom stereocenters. The molecule has 1 amide bonds. The van der Waals surface area contributed by atoms with Crippen LogP contribution in [0.25, 0.3) is 11.0 Å². The molecule has 8 heteroatoms. The number of carbonyl (C=O) groups is 1. The van der Waals surface area contributed by atoms with Crippen LogP contribution in [0.1, 0.15) is 29.8 Å². The van der Waals surface area contributed by atoms with E-state index in [-0.39, 0.29) is 17.6 Å². The topological polar surface area (TPSA) is 109 Å². The number of nitrogens with zero attached hydrogens (tertiary/aromatic N) is 2. The van der Waals surface area contributed by atoms with Crippen molar-refractivity contribution < 1.29 is 13.2 Å². The Labute approximate surface area is 147 Å². The molecule has 1 fully saturated rings. The lowest BCUT2D eigenvalue weighted by atomic mass is 10.1. The Balaban J connectivity index is 1.58. The van der Waals surface area contributed by atoms with Gasteiger partial charge in [0, 0.05) is 25.9 Å². The summed E-state index contributed by atoms with van der Waals surface area (Å²) in [6.07, 6.45) is 1.59. The van der Waals surface area contributed by atoms with Crippen LogP contribution in [0.4, 0.5) is 0 Å². The van der Waals surface area contributed by atoms with E-state index >= 15 is 0 Å². The van der Waals surface area contributed by atoms with Gasteiger partial charge in [0.2, 0.25) is 15.9 Å². The third kappa shape index (κ3) is 4.38. The predicted octanol–water partition coefficient (Wildman–Crippen LogP) is 1.25. The van der Waals surface area contributed by atoms with Gasteiger partial charge in [0.05, 0.1) is 16.8 Å². The van der Waals surface area contributed by atoms with Gasteiger partial charge in [0.1, 0.15) is 5.82 Å². The van der Waals surface area contributed by atoms with Gasteiger partial charge in [0.25, 0.3) is 0 Å². The van der Waals surface area contributed by atoms with Crippen molar-refractivity contribution in [2.24, 2.45) is 11.1 Å². The van der Waals surface area contributed by atoms with Gasteiger partial charge >= 0.3 is 0 Å². The number of benzene rings is 1. The fourth-order valence-corrected chi connectivity index (χ4v) is 4.28. The van der Waals surface area contributed by atoms with E-state index in [9.17, 15) is 13.2 Å². The highest BCUT2D eigenvalue weighted by atomic mass is 32.2. The van der Waals surface area contributed by atoms with Gasteiger partial charge < -0.3 is 9.88 Å². The van der Waals surface area contributed by atoms with Crippen molar-refractivity contribution in [1.82, 2.24) is 14.9 Å². The minimum Gasteiger partial charge on any atom is -0.342 e. The first kappa shape index (κ1) is 17.9. The Kier molecular flexibility index (Phi) is 4.83. The maximum absolute atomic E-state index is 12.4. The number of aromatic amines is 1. The van der Waals surface area contributed by atoms with Crippen LogP contribution in [-0.2, 0) is 21.2 Å². The minimum absolute atomic E-state index is 0.0322. The number of rotatable bonds is 5. The van der Waals surface area contributed by atoms with Crippen molar-refractivity contribution in [3.63, 3.8) is 0 Å². The molecule has 2 heterocycles. The molecule has 0 aliphatic carbocycles. The Morgan fingerprint density at radius 3 is 2.80 bits per heavy atom. The number of fused-ring (bicyclic) bond motifs is 1. The van der Waals surface area contributed by atoms with Gasteiger partial charge in [-0.05, 0) is 49.4 Å². The zero-order chi connectivity index (χ0) is 18.2. The molecule has 0 bridgehead atoms. The second kappa shape index (κ2) is 6.76. The number of aryl methyl sites for hydroxylation is 3. The third-order valence-electron chi connectivity index (χ3n) is 4.83. The van der Waals surface area contributed by atoms with Crippen molar-refractivity contribution in [3.8, 4) is 0 Å². The summed E-state index contributed by atoms with van der Waals surface area (Å²) in [5.74, 6) is 0.716. The number of imidazole rings is 1. The average Bonchev–Trinajstić information content (AvgIpc) is 3.10. The van der Waals surface area contributed by atoms with Gasteiger partial charge in [-0.1, -0.05) is 0 Å². The van der Waals surface area contributed by atoms with Gasteiger partial charge in [0.15, 0.2) is 0 Å². The number of primary sulfonamides is 1. The summed E-state index contributed by atoms with van der Waals surface area (Å²) in [4.78, 5) is 21.9. The molecule has 1 aromatic carbocycles. The Morgan fingerprint density at radius 2 is 2.08 bits per heavy atom. The molecule has 1 aromatic heterocycles. The first-order valence-electron chi connectivity index (χ1n) is 8.45. The molecule has 0 saturated carbocycles. The summed E-state index contributed by atoms with van der Waals surface area (Å²) in [6.45, 7) is 5.17. The molecule has 136 valence electrons. The lowest BCUT2D eigenvalue weighted by molar-refractivity contribution is -0.130. The van der Waals surface area contributed by atoms with Crippen LogP contribution in [-0.4, -0.2) is 48.0 Å². The zero-order valence-electron chi connectivity index (χ0n) is 14.6. The number of sulfonamides is 1. The van der Waals surface area contributed by atoms with Crippen molar-refractivity contribution in [2.45, 2.75) is 33.1 Å². The Bertz CT molecular complexity index is 865. The molecule has 1 aliphatic heterocycles. The highest BCUT2D eigenvalue weighted by molar-refractivity contribution is 7.89. The summed E-state index contributed by atoms with van der Waals surface area (Å²) in [6, 6.07) is 4.12. The lowest BCUT2D eigenvalue weighted by Gasteiger charge is -2.16. The number of nitrogens with one attached hydrogen (secondary N) is 1. The smallest absolute Gasteiger partial charge is 0.223 e. The lowest BCUT2D eigenvalue weighted by Crippen LogP contribution is -2.31. The number of carbonyl (C=O) groups excluding carboxylic acids is 1. The van der Waals surface area contributed by atoms with Crippen LogP contribution >= 0.6 is 0 Å². The highest BCUT2D eigenvalue weighted by Crippen LogP contribution is 2.20. The van der Waals surface area contributed by atoms with Crippen LogP contribution in [0.2, 0.25) is 0 Å². The van der Waals surface area contributed by atoms with Gasteiger partial charge in [-0.3, -0.25) is 4.79 Å². The molecule has 3 N–H and O–H groups in total. The van der Waals surface area contributed by atoms with Gasteiger partial charge in [-0.25, -0.2) is 18.5 Å². The molecule has 1 unspecified atom stereocenters. The largest absolute Gasteiger partial charge is 0.342 e. The highest BCUT2D eigenvalue weighted by Gasteiger charge is 2.28. The maximum Gasteiger partial charge on any atom is 0.223 e. The number of nitrogens with two attached hydrogens (primary N) is 1. The summed E-state index contributed by atoms with van der Waals surface area (Å²) in [7, 11) is -3.49.